The quantitative estimate of drug-likeness (QED) is 0.386. The summed E-state index contributed by atoms with van der Waals surface area (Å²) in [6.07, 6.45) is 0.253. The highest BCUT2D eigenvalue weighted by Crippen LogP contribution is 2.22. The van der Waals surface area contributed by atoms with Crippen molar-refractivity contribution in [3.05, 3.63) is 0 Å². The van der Waals surface area contributed by atoms with Crippen LogP contribution in [0.25, 0.3) is 0 Å². The van der Waals surface area contributed by atoms with Gasteiger partial charge in [-0.25, -0.2) is 4.79 Å². The third kappa shape index (κ3) is 2.21. The van der Waals surface area contributed by atoms with Crippen LogP contribution in [0.2, 0.25) is 0 Å². The van der Waals surface area contributed by atoms with Crippen molar-refractivity contribution in [2.45, 2.75) is 32.1 Å². The molecule has 0 aromatic heterocycles. The van der Waals surface area contributed by atoms with Gasteiger partial charge in [0.1, 0.15) is 0 Å². The van der Waals surface area contributed by atoms with E-state index in [1.165, 1.54) is 6.92 Å². The number of carbonyl (C=O) groups is 2. The number of carbonyl (C=O) groups excluding carboxylic acids is 2. The fourth-order valence-corrected chi connectivity index (χ4v) is 0.837. The van der Waals surface area contributed by atoms with Gasteiger partial charge in [0, 0.05) is 0 Å². The molecule has 0 aliphatic heterocycles. The van der Waals surface area contributed by atoms with E-state index in [-0.39, 0.29) is 18.8 Å². The molecular weight excluding hydrogens is 180 g/mol. The van der Waals surface area contributed by atoms with Crippen molar-refractivity contribution in [3.63, 3.8) is 0 Å². The van der Waals surface area contributed by atoms with Crippen molar-refractivity contribution in [2.24, 2.45) is 0 Å². The molecule has 1 atom stereocenters. The highest BCUT2D eigenvalue weighted by molar-refractivity contribution is 6.45. The zero-order chi connectivity index (χ0) is 9.78. The van der Waals surface area contributed by atoms with E-state index < -0.39 is 10.8 Å². The smallest absolute Gasteiger partial charge is 0.334 e. The van der Waals surface area contributed by atoms with Crippen molar-refractivity contribution >= 4 is 23.4 Å². The minimum atomic E-state index is -1.48. The molecule has 0 heterocycles. The van der Waals surface area contributed by atoms with Crippen LogP contribution in [0.5, 0.6) is 0 Å². The fourth-order valence-electron chi connectivity index (χ4n) is 0.782. The number of halogens is 1. The van der Waals surface area contributed by atoms with Gasteiger partial charge in [-0.1, -0.05) is 18.5 Å². The summed E-state index contributed by atoms with van der Waals surface area (Å²) in [6.45, 7) is 4.87. The molecule has 0 aliphatic carbocycles. The Morgan fingerprint density at radius 1 is 1.42 bits per heavy atom. The van der Waals surface area contributed by atoms with Gasteiger partial charge in [0.05, 0.1) is 6.61 Å². The molecule has 70 valence electrons. The zero-order valence-corrected chi connectivity index (χ0v) is 8.27. The van der Waals surface area contributed by atoms with Gasteiger partial charge in [-0.05, 0) is 20.3 Å². The van der Waals surface area contributed by atoms with Gasteiger partial charge in [0.2, 0.25) is 0 Å². The molecule has 0 amide bonds. The van der Waals surface area contributed by atoms with Gasteiger partial charge in [0.25, 0.3) is 0 Å². The summed E-state index contributed by atoms with van der Waals surface area (Å²) in [5.41, 5.74) is 0. The Morgan fingerprint density at radius 3 is 2.17 bits per heavy atom. The topological polar surface area (TPSA) is 43.4 Å². The Bertz CT molecular complexity index is 191. The van der Waals surface area contributed by atoms with Crippen molar-refractivity contribution in [1.82, 2.24) is 0 Å². The number of Topliss-reactive ketones (excluding diaryl/α,β-unsaturated/α-hetero) is 1. The van der Waals surface area contributed by atoms with Crippen LogP contribution in [0.1, 0.15) is 27.2 Å². The lowest BCUT2D eigenvalue weighted by Gasteiger charge is -2.19. The van der Waals surface area contributed by atoms with Gasteiger partial charge in [0.15, 0.2) is 10.7 Å². The summed E-state index contributed by atoms with van der Waals surface area (Å²) in [5.74, 6) is -1.02. The zero-order valence-electron chi connectivity index (χ0n) is 7.52. The van der Waals surface area contributed by atoms with Crippen LogP contribution in [-0.4, -0.2) is 23.2 Å². The van der Waals surface area contributed by atoms with E-state index in [0.29, 0.717) is 0 Å². The second-order valence-electron chi connectivity index (χ2n) is 2.43. The largest absolute Gasteiger partial charge is 0.464 e. The third-order valence-corrected chi connectivity index (χ3v) is 2.33. The van der Waals surface area contributed by atoms with Crippen LogP contribution in [0, 0.1) is 0 Å². The van der Waals surface area contributed by atoms with E-state index in [9.17, 15) is 9.59 Å². The second kappa shape index (κ2) is 4.45. The average molecular weight is 193 g/mol. The maximum atomic E-state index is 11.2. The van der Waals surface area contributed by atoms with Gasteiger partial charge >= 0.3 is 5.97 Å². The highest BCUT2D eigenvalue weighted by Gasteiger charge is 2.40. The molecule has 0 spiro atoms. The number of esters is 1. The molecule has 12 heavy (non-hydrogen) atoms. The number of alkyl halides is 1. The number of ketones is 1. The minimum absolute atomic E-state index is 0.237. The summed E-state index contributed by atoms with van der Waals surface area (Å²) < 4.78 is 4.67. The molecule has 0 saturated heterocycles. The molecule has 4 heteroatoms. The molecule has 0 N–H and O–H groups in total. The first-order chi connectivity index (χ1) is 5.49. The monoisotopic (exact) mass is 192 g/mol. The van der Waals surface area contributed by atoms with Crippen molar-refractivity contribution in [2.75, 3.05) is 6.61 Å². The van der Waals surface area contributed by atoms with Gasteiger partial charge in [-0.3, -0.25) is 4.79 Å². The van der Waals surface area contributed by atoms with E-state index in [0.717, 1.165) is 0 Å². The first kappa shape index (κ1) is 11.4. The van der Waals surface area contributed by atoms with Crippen LogP contribution < -0.4 is 0 Å². The third-order valence-electron chi connectivity index (χ3n) is 1.64. The second-order valence-corrected chi connectivity index (χ2v) is 3.08. The first-order valence-electron chi connectivity index (χ1n) is 3.86. The van der Waals surface area contributed by atoms with Gasteiger partial charge in [-0.2, -0.15) is 0 Å². The molecule has 0 radical (unpaired) electrons. The Kier molecular flexibility index (Phi) is 4.24. The van der Waals surface area contributed by atoms with Crippen LogP contribution in [0.3, 0.4) is 0 Å². The summed E-state index contributed by atoms with van der Waals surface area (Å²) in [4.78, 5) is 20.7. The lowest BCUT2D eigenvalue weighted by molar-refractivity contribution is -0.149. The SMILES string of the molecule is CCOC(=O)[C@@](Cl)(CC)C(C)=O. The van der Waals surface area contributed by atoms with Crippen LogP contribution in [0.4, 0.5) is 0 Å². The van der Waals surface area contributed by atoms with Crippen LogP contribution >= 0.6 is 11.6 Å². The van der Waals surface area contributed by atoms with E-state index in [1.807, 2.05) is 0 Å². The standard InChI is InChI=1S/C8H13ClO3/c1-4-8(9,6(3)10)7(11)12-5-2/h4-5H2,1-3H3/t8-/m1/s1. The van der Waals surface area contributed by atoms with E-state index in [2.05, 4.69) is 4.74 Å². The minimum Gasteiger partial charge on any atom is -0.464 e. The molecule has 0 bridgehead atoms. The van der Waals surface area contributed by atoms with Crippen molar-refractivity contribution < 1.29 is 14.3 Å². The Hall–Kier alpha value is -0.570. The average Bonchev–Trinajstić information content (AvgIpc) is 2.03. The number of hydrogen-bond acceptors (Lipinski definition) is 3. The molecule has 0 aliphatic rings. The van der Waals surface area contributed by atoms with E-state index >= 15 is 0 Å². The summed E-state index contributed by atoms with van der Waals surface area (Å²) >= 11 is 5.76. The van der Waals surface area contributed by atoms with E-state index in [4.69, 9.17) is 11.6 Å². The van der Waals surface area contributed by atoms with Crippen molar-refractivity contribution in [1.29, 1.82) is 0 Å². The lowest BCUT2D eigenvalue weighted by atomic mass is 10.0. The summed E-state index contributed by atoms with van der Waals surface area (Å²) in [6, 6.07) is 0. The van der Waals surface area contributed by atoms with Crippen LogP contribution in [0.15, 0.2) is 0 Å². The predicted molar refractivity (Wildman–Crippen MR) is 46.2 cm³/mol. The number of rotatable bonds is 4. The number of hydrogen-bond donors (Lipinski definition) is 0. The number of ether oxygens (including phenoxy) is 1. The lowest BCUT2D eigenvalue weighted by Crippen LogP contribution is -2.40. The Morgan fingerprint density at radius 2 is 1.92 bits per heavy atom. The molecule has 0 saturated carbocycles. The summed E-state index contributed by atoms with van der Waals surface area (Å²) in [5, 5.41) is 0. The van der Waals surface area contributed by atoms with Gasteiger partial charge in [-0.15, -0.1) is 0 Å². The first-order valence-corrected chi connectivity index (χ1v) is 4.24. The van der Waals surface area contributed by atoms with Crippen LogP contribution in [-0.2, 0) is 14.3 Å². The summed E-state index contributed by atoms with van der Waals surface area (Å²) in [7, 11) is 0. The van der Waals surface area contributed by atoms with Crippen molar-refractivity contribution in [3.8, 4) is 0 Å². The molecule has 3 nitrogen and oxygen atoms in total. The predicted octanol–water partition coefficient (Wildman–Crippen LogP) is 1.53. The highest BCUT2D eigenvalue weighted by atomic mass is 35.5. The normalized spacial score (nSPS) is 15.0. The molecule has 0 fully saturated rings. The molecule has 0 rings (SSSR count). The maximum Gasteiger partial charge on any atom is 0.334 e. The van der Waals surface area contributed by atoms with E-state index in [1.54, 1.807) is 13.8 Å². The Labute approximate surface area is 77.0 Å². The molecule has 0 unspecified atom stereocenters. The fraction of sp³-hybridized carbons (Fsp3) is 0.750. The van der Waals surface area contributed by atoms with Gasteiger partial charge < -0.3 is 4.74 Å². The molecular formula is C8H13ClO3. The molecule has 0 aromatic carbocycles. The maximum absolute atomic E-state index is 11.2. The Balaban J connectivity index is 4.52. The molecule has 0 aromatic rings.